The summed E-state index contributed by atoms with van der Waals surface area (Å²) >= 11 is 1.57. The molecule has 2 aromatic rings. The number of nitrogens with one attached hydrogen (secondary N) is 1. The fourth-order valence-electron chi connectivity index (χ4n) is 3.28. The van der Waals surface area contributed by atoms with Gasteiger partial charge in [-0.05, 0) is 25.7 Å². The summed E-state index contributed by atoms with van der Waals surface area (Å²) in [6, 6.07) is -0.242. The highest BCUT2D eigenvalue weighted by atomic mass is 32.2. The number of unbranched alkanes of at least 4 members (excludes halogenated alkanes) is 1. The Morgan fingerprint density at radius 1 is 1.30 bits per heavy atom. The minimum absolute atomic E-state index is 0.242. The van der Waals surface area contributed by atoms with E-state index in [1.54, 1.807) is 16.4 Å². The second-order valence-electron chi connectivity index (χ2n) is 6.83. The van der Waals surface area contributed by atoms with Crippen LogP contribution in [0.2, 0.25) is 0 Å². The number of carboxylic acids is 1. The average Bonchev–Trinajstić information content (AvgIpc) is 3.23. The molecule has 2 aromatic heterocycles. The molecule has 0 bridgehead atoms. The molecule has 3 N–H and O–H groups in total. The fourth-order valence-corrected chi connectivity index (χ4v) is 3.97. The maximum absolute atomic E-state index is 11.3. The number of rotatable bonds is 9. The molecular weight excluding hydrogens is 368 g/mol. The van der Waals surface area contributed by atoms with Crippen molar-refractivity contribution in [1.82, 2.24) is 25.0 Å². The maximum Gasteiger partial charge on any atom is 0.309 e. The van der Waals surface area contributed by atoms with E-state index in [2.05, 4.69) is 39.4 Å². The molecule has 0 radical (unpaired) electrons. The molecular formula is C17H26N6O3S. The highest BCUT2D eigenvalue weighted by Gasteiger charge is 2.40. The van der Waals surface area contributed by atoms with Crippen molar-refractivity contribution in [3.63, 3.8) is 0 Å². The number of carbonyl (C=O) groups is 1. The van der Waals surface area contributed by atoms with Gasteiger partial charge >= 0.3 is 5.97 Å². The Balaban J connectivity index is 1.94. The van der Waals surface area contributed by atoms with Crippen LogP contribution < -0.4 is 5.32 Å². The highest BCUT2D eigenvalue weighted by molar-refractivity contribution is 7.99. The standard InChI is InChI=1S/C17H26N6O3S/c1-3-5-6-18-14-13-15(20-17(19-14)27-7-4-2)23(22-21-13)10-8-11(16(25)26)12(24)9-10/h10-12,24H,3-9H2,1-2H3,(H,25,26)(H,18,19,20)/t10?,11-,12?/m0/s1. The first kappa shape index (κ1) is 19.8. The van der Waals surface area contributed by atoms with Crippen LogP contribution in [0.5, 0.6) is 0 Å². The number of nitrogens with zero attached hydrogens (tertiary/aromatic N) is 5. The molecule has 0 spiro atoms. The molecule has 1 aliphatic carbocycles. The molecule has 148 valence electrons. The highest BCUT2D eigenvalue weighted by Crippen LogP contribution is 2.36. The molecule has 0 amide bonds. The Labute approximate surface area is 162 Å². The van der Waals surface area contributed by atoms with Gasteiger partial charge < -0.3 is 15.5 Å². The van der Waals surface area contributed by atoms with Crippen LogP contribution in [0.4, 0.5) is 5.82 Å². The van der Waals surface area contributed by atoms with Crippen LogP contribution in [0.3, 0.4) is 0 Å². The van der Waals surface area contributed by atoms with Gasteiger partial charge in [-0.3, -0.25) is 4.79 Å². The lowest BCUT2D eigenvalue weighted by atomic mass is 10.1. The van der Waals surface area contributed by atoms with Gasteiger partial charge in [0.2, 0.25) is 0 Å². The molecule has 10 heteroatoms. The number of aliphatic hydroxyl groups excluding tert-OH is 1. The Morgan fingerprint density at radius 2 is 2.11 bits per heavy atom. The van der Waals surface area contributed by atoms with Gasteiger partial charge in [-0.1, -0.05) is 37.2 Å². The molecule has 3 atom stereocenters. The normalized spacial score (nSPS) is 22.4. The summed E-state index contributed by atoms with van der Waals surface area (Å²) < 4.78 is 1.66. The summed E-state index contributed by atoms with van der Waals surface area (Å²) in [5.41, 5.74) is 1.17. The van der Waals surface area contributed by atoms with Crippen LogP contribution in [-0.4, -0.2) is 59.5 Å². The molecule has 1 fully saturated rings. The van der Waals surface area contributed by atoms with E-state index < -0.39 is 18.0 Å². The van der Waals surface area contributed by atoms with Gasteiger partial charge in [0.15, 0.2) is 22.1 Å². The molecule has 0 aliphatic heterocycles. The van der Waals surface area contributed by atoms with E-state index in [0.717, 1.165) is 31.6 Å². The smallest absolute Gasteiger partial charge is 0.309 e. The van der Waals surface area contributed by atoms with Crippen LogP contribution in [0, 0.1) is 5.92 Å². The van der Waals surface area contributed by atoms with E-state index in [-0.39, 0.29) is 6.04 Å². The molecule has 27 heavy (non-hydrogen) atoms. The summed E-state index contributed by atoms with van der Waals surface area (Å²) in [6.07, 6.45) is 2.86. The van der Waals surface area contributed by atoms with E-state index >= 15 is 0 Å². The number of fused-ring (bicyclic) bond motifs is 1. The van der Waals surface area contributed by atoms with Gasteiger partial charge in [-0.25, -0.2) is 14.6 Å². The Kier molecular flexibility index (Phi) is 6.48. The first-order chi connectivity index (χ1) is 13.0. The third kappa shape index (κ3) is 4.32. The van der Waals surface area contributed by atoms with Gasteiger partial charge in [0.05, 0.1) is 18.1 Å². The molecule has 0 aromatic carbocycles. The first-order valence-corrected chi connectivity index (χ1v) is 10.4. The van der Waals surface area contributed by atoms with Crippen molar-refractivity contribution < 1.29 is 15.0 Å². The zero-order valence-corrected chi connectivity index (χ0v) is 16.4. The summed E-state index contributed by atoms with van der Waals surface area (Å²) in [5.74, 6) is -0.200. The SMILES string of the molecule is CCCCNc1nc(SCCC)nc2c1nnn2C1CC(O)[C@@H](C(=O)O)C1. The minimum Gasteiger partial charge on any atom is -0.481 e. The van der Waals surface area contributed by atoms with Crippen molar-refractivity contribution >= 4 is 34.7 Å². The molecule has 1 aliphatic rings. The van der Waals surface area contributed by atoms with Crippen molar-refractivity contribution in [2.75, 3.05) is 17.6 Å². The number of carboxylic acid groups (broad SMARTS) is 1. The van der Waals surface area contributed by atoms with Crippen LogP contribution in [0.25, 0.3) is 11.2 Å². The van der Waals surface area contributed by atoms with E-state index in [4.69, 9.17) is 0 Å². The molecule has 2 unspecified atom stereocenters. The van der Waals surface area contributed by atoms with Crippen molar-refractivity contribution in [2.45, 2.75) is 63.3 Å². The molecule has 0 saturated heterocycles. The Morgan fingerprint density at radius 3 is 2.78 bits per heavy atom. The largest absolute Gasteiger partial charge is 0.481 e. The van der Waals surface area contributed by atoms with Crippen molar-refractivity contribution in [1.29, 1.82) is 0 Å². The summed E-state index contributed by atoms with van der Waals surface area (Å²) in [7, 11) is 0. The third-order valence-corrected chi connectivity index (χ3v) is 5.78. The molecule has 1 saturated carbocycles. The molecule has 2 heterocycles. The van der Waals surface area contributed by atoms with E-state index in [1.165, 1.54) is 0 Å². The second kappa shape index (κ2) is 8.83. The quantitative estimate of drug-likeness (QED) is 0.334. The number of anilines is 1. The number of aliphatic hydroxyl groups is 1. The maximum atomic E-state index is 11.3. The van der Waals surface area contributed by atoms with E-state index in [0.29, 0.717) is 35.0 Å². The summed E-state index contributed by atoms with van der Waals surface area (Å²) in [5, 5.41) is 31.8. The van der Waals surface area contributed by atoms with Gasteiger partial charge in [-0.2, -0.15) is 0 Å². The summed E-state index contributed by atoms with van der Waals surface area (Å²) in [4.78, 5) is 20.5. The summed E-state index contributed by atoms with van der Waals surface area (Å²) in [6.45, 7) is 5.01. The predicted molar refractivity (Wildman–Crippen MR) is 103 cm³/mol. The van der Waals surface area contributed by atoms with Crippen LogP contribution in [0.1, 0.15) is 52.0 Å². The Hall–Kier alpha value is -1.94. The minimum atomic E-state index is -0.981. The topological polar surface area (TPSA) is 126 Å². The number of aromatic nitrogens is 5. The lowest BCUT2D eigenvalue weighted by Crippen LogP contribution is -2.21. The monoisotopic (exact) mass is 394 g/mol. The fraction of sp³-hybridized carbons (Fsp3) is 0.706. The van der Waals surface area contributed by atoms with E-state index in [9.17, 15) is 15.0 Å². The van der Waals surface area contributed by atoms with Gasteiger partial charge in [0.1, 0.15) is 0 Å². The lowest BCUT2D eigenvalue weighted by Gasteiger charge is -2.11. The zero-order chi connectivity index (χ0) is 19.4. The molecule has 3 rings (SSSR count). The first-order valence-electron chi connectivity index (χ1n) is 9.45. The van der Waals surface area contributed by atoms with Crippen LogP contribution in [0.15, 0.2) is 5.16 Å². The van der Waals surface area contributed by atoms with Gasteiger partial charge in [-0.15, -0.1) is 5.10 Å². The average molecular weight is 395 g/mol. The Bertz CT molecular complexity index is 798. The zero-order valence-electron chi connectivity index (χ0n) is 15.6. The molecule has 9 nitrogen and oxygen atoms in total. The number of hydrogen-bond donors (Lipinski definition) is 3. The van der Waals surface area contributed by atoms with Crippen LogP contribution >= 0.6 is 11.8 Å². The van der Waals surface area contributed by atoms with Crippen LogP contribution in [-0.2, 0) is 4.79 Å². The van der Waals surface area contributed by atoms with Gasteiger partial charge in [0, 0.05) is 12.3 Å². The second-order valence-corrected chi connectivity index (χ2v) is 7.89. The number of aliphatic carboxylic acids is 1. The van der Waals surface area contributed by atoms with Gasteiger partial charge in [0.25, 0.3) is 0 Å². The van der Waals surface area contributed by atoms with Crippen molar-refractivity contribution in [2.24, 2.45) is 5.92 Å². The predicted octanol–water partition coefficient (Wildman–Crippen LogP) is 2.33. The van der Waals surface area contributed by atoms with Crippen molar-refractivity contribution in [3.05, 3.63) is 0 Å². The lowest BCUT2D eigenvalue weighted by molar-refractivity contribution is -0.144. The third-order valence-electron chi connectivity index (χ3n) is 4.73. The van der Waals surface area contributed by atoms with E-state index in [1.807, 2.05) is 0 Å². The van der Waals surface area contributed by atoms with Crippen molar-refractivity contribution in [3.8, 4) is 0 Å². The number of hydrogen-bond acceptors (Lipinski definition) is 8. The number of thioether (sulfide) groups is 1.